The smallest absolute Gasteiger partial charge is 0.262 e. The molecule has 0 aliphatic heterocycles. The lowest BCUT2D eigenvalue weighted by atomic mass is 10.3. The average molecular weight is 370 g/mol. The lowest BCUT2D eigenvalue weighted by molar-refractivity contribution is 0.596. The van der Waals surface area contributed by atoms with Gasteiger partial charge in [0.1, 0.15) is 5.82 Å². The summed E-state index contributed by atoms with van der Waals surface area (Å²) in [7, 11) is -4.07. The van der Waals surface area contributed by atoms with E-state index in [0.29, 0.717) is 0 Å². The van der Waals surface area contributed by atoms with E-state index >= 15 is 0 Å². The fourth-order valence-electron chi connectivity index (χ4n) is 1.51. The van der Waals surface area contributed by atoms with E-state index in [2.05, 4.69) is 4.72 Å². The molecule has 0 saturated heterocycles. The van der Waals surface area contributed by atoms with Gasteiger partial charge in [-0.05, 0) is 30.3 Å². The Labute approximate surface area is 135 Å². The van der Waals surface area contributed by atoms with Gasteiger partial charge in [0, 0.05) is 5.02 Å². The van der Waals surface area contributed by atoms with E-state index in [4.69, 9.17) is 40.5 Å². The Balaban J connectivity index is 2.44. The van der Waals surface area contributed by atoms with Gasteiger partial charge >= 0.3 is 0 Å². The van der Waals surface area contributed by atoms with Crippen LogP contribution in [0.1, 0.15) is 0 Å². The molecule has 4 nitrogen and oxygen atoms in total. The number of hydrogen-bond acceptors (Lipinski definition) is 3. The summed E-state index contributed by atoms with van der Waals surface area (Å²) in [4.78, 5) is -0.309. The Morgan fingerprint density at radius 3 is 2.14 bits per heavy atom. The molecule has 3 N–H and O–H groups in total. The summed E-state index contributed by atoms with van der Waals surface area (Å²) in [6, 6.07) is 5.77. The SMILES string of the molecule is Nc1ccc(S(=O)(=O)Nc2c(Cl)cc(Cl)cc2Cl)cc1F. The maximum Gasteiger partial charge on any atom is 0.262 e. The molecule has 2 aromatic rings. The second kappa shape index (κ2) is 5.88. The Morgan fingerprint density at radius 2 is 1.62 bits per heavy atom. The number of benzene rings is 2. The van der Waals surface area contributed by atoms with Crippen LogP contribution in [-0.4, -0.2) is 8.42 Å². The molecule has 9 heteroatoms. The van der Waals surface area contributed by atoms with Crippen LogP contribution in [0.5, 0.6) is 0 Å². The molecular formula is C12H8Cl3FN2O2S. The van der Waals surface area contributed by atoms with Crippen LogP contribution >= 0.6 is 34.8 Å². The first-order valence-electron chi connectivity index (χ1n) is 5.43. The van der Waals surface area contributed by atoms with Crippen molar-refractivity contribution >= 4 is 56.2 Å². The van der Waals surface area contributed by atoms with Crippen molar-refractivity contribution in [2.24, 2.45) is 0 Å². The molecular weight excluding hydrogens is 362 g/mol. The number of nitrogens with two attached hydrogens (primary N) is 1. The normalized spacial score (nSPS) is 11.4. The molecule has 0 fully saturated rings. The average Bonchev–Trinajstić information content (AvgIpc) is 2.37. The van der Waals surface area contributed by atoms with Crippen LogP contribution < -0.4 is 10.5 Å². The van der Waals surface area contributed by atoms with Crippen LogP contribution in [0.25, 0.3) is 0 Å². The quantitative estimate of drug-likeness (QED) is 0.798. The van der Waals surface area contributed by atoms with Crippen molar-refractivity contribution in [3.05, 3.63) is 51.2 Å². The highest BCUT2D eigenvalue weighted by Gasteiger charge is 2.19. The van der Waals surface area contributed by atoms with Crippen LogP contribution in [0.4, 0.5) is 15.8 Å². The molecule has 21 heavy (non-hydrogen) atoms. The summed E-state index contributed by atoms with van der Waals surface area (Å²) < 4.78 is 39.9. The fraction of sp³-hybridized carbons (Fsp3) is 0. The lowest BCUT2D eigenvalue weighted by Crippen LogP contribution is -2.14. The predicted octanol–water partition coefficient (Wildman–Crippen LogP) is 4.17. The molecule has 0 radical (unpaired) electrons. The number of rotatable bonds is 3. The summed E-state index contributed by atoms with van der Waals surface area (Å²) in [6.07, 6.45) is 0. The molecule has 0 saturated carbocycles. The maximum absolute atomic E-state index is 13.4. The molecule has 0 atom stereocenters. The molecule has 0 aliphatic carbocycles. The first-order valence-corrected chi connectivity index (χ1v) is 8.05. The molecule has 0 aliphatic rings. The number of nitrogen functional groups attached to an aromatic ring is 1. The molecule has 0 bridgehead atoms. The third-order valence-electron chi connectivity index (χ3n) is 2.53. The van der Waals surface area contributed by atoms with E-state index in [9.17, 15) is 12.8 Å². The minimum Gasteiger partial charge on any atom is -0.396 e. The van der Waals surface area contributed by atoms with Gasteiger partial charge < -0.3 is 5.73 Å². The maximum atomic E-state index is 13.4. The summed E-state index contributed by atoms with van der Waals surface area (Å²) in [5.41, 5.74) is 5.10. The van der Waals surface area contributed by atoms with Crippen molar-refractivity contribution in [3.63, 3.8) is 0 Å². The molecule has 0 spiro atoms. The third kappa shape index (κ3) is 3.52. The van der Waals surface area contributed by atoms with Crippen molar-refractivity contribution in [2.75, 3.05) is 10.5 Å². The monoisotopic (exact) mass is 368 g/mol. The van der Waals surface area contributed by atoms with E-state index in [-0.39, 0.29) is 31.3 Å². The number of anilines is 2. The van der Waals surface area contributed by atoms with Crippen molar-refractivity contribution in [1.29, 1.82) is 0 Å². The van der Waals surface area contributed by atoms with Crippen molar-refractivity contribution in [1.82, 2.24) is 0 Å². The van der Waals surface area contributed by atoms with Gasteiger partial charge in [0.2, 0.25) is 0 Å². The van der Waals surface area contributed by atoms with Crippen LogP contribution in [0, 0.1) is 5.82 Å². The number of halogens is 4. The first-order chi connectivity index (χ1) is 9.70. The van der Waals surface area contributed by atoms with Crippen molar-refractivity contribution in [2.45, 2.75) is 4.90 Å². The van der Waals surface area contributed by atoms with E-state index in [1.165, 1.54) is 18.2 Å². The minimum atomic E-state index is -4.07. The van der Waals surface area contributed by atoms with Gasteiger partial charge in [-0.3, -0.25) is 4.72 Å². The standard InChI is InChI=1S/C12H8Cl3FN2O2S/c13-6-3-8(14)12(9(15)4-6)18-21(19,20)7-1-2-11(17)10(16)5-7/h1-5,18H,17H2. The van der Waals surface area contributed by atoms with Gasteiger partial charge in [-0.15, -0.1) is 0 Å². The fourth-order valence-corrected chi connectivity index (χ4v) is 3.64. The van der Waals surface area contributed by atoms with Crippen LogP contribution in [0.3, 0.4) is 0 Å². The molecule has 2 rings (SSSR count). The van der Waals surface area contributed by atoms with Crippen LogP contribution in [0.15, 0.2) is 35.2 Å². The summed E-state index contributed by atoms with van der Waals surface area (Å²) in [6.45, 7) is 0. The van der Waals surface area contributed by atoms with Crippen LogP contribution in [-0.2, 0) is 10.0 Å². The van der Waals surface area contributed by atoms with Gasteiger partial charge in [0.25, 0.3) is 10.0 Å². The van der Waals surface area contributed by atoms with Gasteiger partial charge in [0.15, 0.2) is 0 Å². The second-order valence-corrected chi connectivity index (χ2v) is 6.97. The van der Waals surface area contributed by atoms with E-state index in [1.807, 2.05) is 0 Å². The molecule has 2 aromatic carbocycles. The largest absolute Gasteiger partial charge is 0.396 e. The Kier molecular flexibility index (Phi) is 4.53. The van der Waals surface area contributed by atoms with Gasteiger partial charge in [-0.2, -0.15) is 0 Å². The van der Waals surface area contributed by atoms with Crippen molar-refractivity contribution < 1.29 is 12.8 Å². The molecule has 0 heterocycles. The Morgan fingerprint density at radius 1 is 1.05 bits per heavy atom. The molecule has 0 amide bonds. The number of sulfonamides is 1. The van der Waals surface area contributed by atoms with E-state index in [0.717, 1.165) is 12.1 Å². The first kappa shape index (κ1) is 16.2. The zero-order chi connectivity index (χ0) is 15.8. The zero-order valence-electron chi connectivity index (χ0n) is 10.2. The van der Waals surface area contributed by atoms with Crippen LogP contribution in [0.2, 0.25) is 15.1 Å². The van der Waals surface area contributed by atoms with Gasteiger partial charge in [-0.1, -0.05) is 34.8 Å². The highest BCUT2D eigenvalue weighted by Crippen LogP contribution is 2.35. The van der Waals surface area contributed by atoms with Gasteiger partial charge in [-0.25, -0.2) is 12.8 Å². The minimum absolute atomic E-state index is 0.0204. The number of nitrogens with one attached hydrogen (secondary N) is 1. The van der Waals surface area contributed by atoms with E-state index < -0.39 is 15.8 Å². The summed E-state index contributed by atoms with van der Waals surface area (Å²) in [5, 5.41) is 0.297. The molecule has 0 unspecified atom stereocenters. The lowest BCUT2D eigenvalue weighted by Gasteiger charge is -2.12. The topological polar surface area (TPSA) is 72.2 Å². The molecule has 112 valence electrons. The van der Waals surface area contributed by atoms with E-state index in [1.54, 1.807) is 0 Å². The van der Waals surface area contributed by atoms with Crippen molar-refractivity contribution in [3.8, 4) is 0 Å². The van der Waals surface area contributed by atoms with Gasteiger partial charge in [0.05, 0.1) is 26.3 Å². The highest BCUT2D eigenvalue weighted by molar-refractivity contribution is 7.92. The predicted molar refractivity (Wildman–Crippen MR) is 83.1 cm³/mol. The zero-order valence-corrected chi connectivity index (χ0v) is 13.3. The highest BCUT2D eigenvalue weighted by atomic mass is 35.5. The Bertz CT molecular complexity index is 789. The molecule has 0 aromatic heterocycles. The Hall–Kier alpha value is -1.21. The summed E-state index contributed by atoms with van der Waals surface area (Å²) >= 11 is 17.5. The summed E-state index contributed by atoms with van der Waals surface area (Å²) in [5.74, 6) is -0.842. The number of hydrogen-bond donors (Lipinski definition) is 2. The third-order valence-corrected chi connectivity index (χ3v) is 4.69. The second-order valence-electron chi connectivity index (χ2n) is 4.03.